The van der Waals surface area contributed by atoms with Crippen molar-refractivity contribution in [3.05, 3.63) is 83.0 Å². The SMILES string of the molecule is Cc1cccc(CNc2cc(C)nc(NC(C)c3ccccc3)n2)c1. The minimum absolute atomic E-state index is 0.146. The predicted octanol–water partition coefficient (Wildman–Crippen LogP) is 4.88. The third-order valence-corrected chi connectivity index (χ3v) is 4.06. The molecule has 1 heterocycles. The number of hydrogen-bond acceptors (Lipinski definition) is 4. The van der Waals surface area contributed by atoms with E-state index in [2.05, 4.69) is 70.8 Å². The summed E-state index contributed by atoms with van der Waals surface area (Å²) in [5.74, 6) is 1.47. The third-order valence-electron chi connectivity index (χ3n) is 4.06. The van der Waals surface area contributed by atoms with Gasteiger partial charge in [-0.3, -0.25) is 0 Å². The van der Waals surface area contributed by atoms with Gasteiger partial charge in [0, 0.05) is 18.3 Å². The second-order valence-corrected chi connectivity index (χ2v) is 6.34. The van der Waals surface area contributed by atoms with Crippen molar-refractivity contribution in [2.45, 2.75) is 33.4 Å². The molecule has 0 bridgehead atoms. The first-order valence-corrected chi connectivity index (χ1v) is 8.57. The molecule has 128 valence electrons. The van der Waals surface area contributed by atoms with Gasteiger partial charge in [-0.15, -0.1) is 0 Å². The fourth-order valence-corrected chi connectivity index (χ4v) is 2.76. The van der Waals surface area contributed by atoms with Crippen molar-refractivity contribution in [2.75, 3.05) is 10.6 Å². The van der Waals surface area contributed by atoms with Gasteiger partial charge in [0.05, 0.1) is 6.04 Å². The molecular formula is C21H24N4. The average molecular weight is 332 g/mol. The van der Waals surface area contributed by atoms with Crippen LogP contribution in [0.25, 0.3) is 0 Å². The van der Waals surface area contributed by atoms with Gasteiger partial charge < -0.3 is 10.6 Å². The van der Waals surface area contributed by atoms with Crippen LogP contribution in [0.2, 0.25) is 0 Å². The van der Waals surface area contributed by atoms with Crippen molar-refractivity contribution in [3.63, 3.8) is 0 Å². The van der Waals surface area contributed by atoms with E-state index >= 15 is 0 Å². The predicted molar refractivity (Wildman–Crippen MR) is 104 cm³/mol. The molecule has 3 rings (SSSR count). The van der Waals surface area contributed by atoms with Gasteiger partial charge in [0.25, 0.3) is 0 Å². The molecule has 0 amide bonds. The van der Waals surface area contributed by atoms with Crippen LogP contribution in [0.3, 0.4) is 0 Å². The zero-order chi connectivity index (χ0) is 17.6. The monoisotopic (exact) mass is 332 g/mol. The Morgan fingerprint density at radius 3 is 2.48 bits per heavy atom. The number of nitrogens with one attached hydrogen (secondary N) is 2. The lowest BCUT2D eigenvalue weighted by Gasteiger charge is -2.15. The fourth-order valence-electron chi connectivity index (χ4n) is 2.76. The summed E-state index contributed by atoms with van der Waals surface area (Å²) in [6.07, 6.45) is 0. The van der Waals surface area contributed by atoms with Crippen molar-refractivity contribution in [3.8, 4) is 0 Å². The van der Waals surface area contributed by atoms with Gasteiger partial charge in [0.1, 0.15) is 5.82 Å². The number of rotatable bonds is 6. The number of hydrogen-bond donors (Lipinski definition) is 2. The maximum absolute atomic E-state index is 4.60. The van der Waals surface area contributed by atoms with Gasteiger partial charge in [-0.1, -0.05) is 60.2 Å². The highest BCUT2D eigenvalue weighted by atomic mass is 15.2. The Kier molecular flexibility index (Phi) is 5.29. The van der Waals surface area contributed by atoms with Gasteiger partial charge >= 0.3 is 0 Å². The van der Waals surface area contributed by atoms with E-state index in [1.54, 1.807) is 0 Å². The Morgan fingerprint density at radius 2 is 1.72 bits per heavy atom. The number of benzene rings is 2. The Balaban J connectivity index is 1.70. The highest BCUT2D eigenvalue weighted by Crippen LogP contribution is 2.18. The van der Waals surface area contributed by atoms with Crippen molar-refractivity contribution < 1.29 is 0 Å². The minimum Gasteiger partial charge on any atom is -0.366 e. The number of aromatic nitrogens is 2. The summed E-state index contributed by atoms with van der Waals surface area (Å²) in [4.78, 5) is 9.11. The summed E-state index contributed by atoms with van der Waals surface area (Å²) < 4.78 is 0. The largest absolute Gasteiger partial charge is 0.366 e. The molecule has 0 aliphatic heterocycles. The van der Waals surface area contributed by atoms with Crippen LogP contribution in [-0.4, -0.2) is 9.97 Å². The minimum atomic E-state index is 0.146. The van der Waals surface area contributed by atoms with Crippen molar-refractivity contribution in [1.82, 2.24) is 9.97 Å². The van der Waals surface area contributed by atoms with Gasteiger partial charge in [0.2, 0.25) is 5.95 Å². The summed E-state index contributed by atoms with van der Waals surface area (Å²) >= 11 is 0. The van der Waals surface area contributed by atoms with E-state index in [1.807, 2.05) is 31.2 Å². The first-order valence-electron chi connectivity index (χ1n) is 8.57. The maximum atomic E-state index is 4.60. The van der Waals surface area contributed by atoms with Gasteiger partial charge in [-0.25, -0.2) is 4.98 Å². The summed E-state index contributed by atoms with van der Waals surface area (Å²) in [6, 6.07) is 20.9. The van der Waals surface area contributed by atoms with Crippen LogP contribution in [-0.2, 0) is 6.54 Å². The molecule has 3 aromatic rings. The highest BCUT2D eigenvalue weighted by Gasteiger charge is 2.08. The molecule has 0 aliphatic carbocycles. The summed E-state index contributed by atoms with van der Waals surface area (Å²) in [5, 5.41) is 6.78. The van der Waals surface area contributed by atoms with Crippen molar-refractivity contribution in [2.24, 2.45) is 0 Å². The quantitative estimate of drug-likeness (QED) is 0.675. The van der Waals surface area contributed by atoms with E-state index in [0.717, 1.165) is 18.1 Å². The molecule has 0 fully saturated rings. The topological polar surface area (TPSA) is 49.8 Å². The van der Waals surface area contributed by atoms with Crippen LogP contribution >= 0.6 is 0 Å². The molecule has 0 spiro atoms. The molecular weight excluding hydrogens is 308 g/mol. The molecule has 1 unspecified atom stereocenters. The number of anilines is 2. The Hall–Kier alpha value is -2.88. The van der Waals surface area contributed by atoms with Crippen molar-refractivity contribution >= 4 is 11.8 Å². The summed E-state index contributed by atoms with van der Waals surface area (Å²) in [7, 11) is 0. The molecule has 1 aromatic heterocycles. The van der Waals surface area contributed by atoms with E-state index in [9.17, 15) is 0 Å². The average Bonchev–Trinajstić information content (AvgIpc) is 2.60. The van der Waals surface area contributed by atoms with E-state index in [4.69, 9.17) is 0 Å². The van der Waals surface area contributed by atoms with Crippen LogP contribution in [0.5, 0.6) is 0 Å². The molecule has 0 aliphatic rings. The second-order valence-electron chi connectivity index (χ2n) is 6.34. The van der Waals surface area contributed by atoms with Crippen LogP contribution in [0.1, 0.15) is 35.3 Å². The molecule has 25 heavy (non-hydrogen) atoms. The zero-order valence-corrected chi connectivity index (χ0v) is 15.0. The van der Waals surface area contributed by atoms with Crippen LogP contribution in [0.4, 0.5) is 11.8 Å². The van der Waals surface area contributed by atoms with Crippen LogP contribution < -0.4 is 10.6 Å². The Labute approximate surface area is 149 Å². The van der Waals surface area contributed by atoms with Gasteiger partial charge in [0.15, 0.2) is 0 Å². The molecule has 0 saturated carbocycles. The van der Waals surface area contributed by atoms with Gasteiger partial charge in [-0.2, -0.15) is 4.98 Å². The molecule has 1 atom stereocenters. The molecule has 4 heteroatoms. The van der Waals surface area contributed by atoms with Crippen LogP contribution in [0.15, 0.2) is 60.7 Å². The second kappa shape index (κ2) is 7.79. The molecule has 0 saturated heterocycles. The third kappa shape index (κ3) is 4.80. The lowest BCUT2D eigenvalue weighted by atomic mass is 10.1. The lowest BCUT2D eigenvalue weighted by Crippen LogP contribution is -2.11. The van der Waals surface area contributed by atoms with Gasteiger partial charge in [-0.05, 0) is 31.9 Å². The molecule has 4 nitrogen and oxygen atoms in total. The summed E-state index contributed by atoms with van der Waals surface area (Å²) in [6.45, 7) is 6.94. The van der Waals surface area contributed by atoms with E-state index in [1.165, 1.54) is 16.7 Å². The Morgan fingerprint density at radius 1 is 0.920 bits per heavy atom. The first-order chi connectivity index (χ1) is 12.1. The number of nitrogens with zero attached hydrogens (tertiary/aromatic N) is 2. The highest BCUT2D eigenvalue weighted by molar-refractivity contribution is 5.44. The molecule has 0 radical (unpaired) electrons. The molecule has 2 N–H and O–H groups in total. The fraction of sp³-hybridized carbons (Fsp3) is 0.238. The smallest absolute Gasteiger partial charge is 0.225 e. The standard InChI is InChI=1S/C21H24N4/c1-15-8-7-9-18(12-15)14-22-20-13-16(2)23-21(25-20)24-17(3)19-10-5-4-6-11-19/h4-13,17H,14H2,1-3H3,(H2,22,23,24,25). The number of aryl methyl sites for hydroxylation is 2. The first kappa shape index (κ1) is 17.0. The van der Waals surface area contributed by atoms with E-state index in [-0.39, 0.29) is 6.04 Å². The zero-order valence-electron chi connectivity index (χ0n) is 15.0. The summed E-state index contributed by atoms with van der Waals surface area (Å²) in [5.41, 5.74) is 4.65. The molecule has 2 aromatic carbocycles. The Bertz CT molecular complexity index is 830. The normalized spacial score (nSPS) is 11.8. The van der Waals surface area contributed by atoms with E-state index in [0.29, 0.717) is 5.95 Å². The lowest BCUT2D eigenvalue weighted by molar-refractivity contribution is 0.856. The maximum Gasteiger partial charge on any atom is 0.225 e. The van der Waals surface area contributed by atoms with Crippen molar-refractivity contribution in [1.29, 1.82) is 0 Å². The van der Waals surface area contributed by atoms with E-state index < -0.39 is 0 Å². The van der Waals surface area contributed by atoms with Crippen LogP contribution in [0, 0.1) is 13.8 Å².